The number of unbranched alkanes of at least 4 members (excludes halogenated alkanes) is 1. The molecular formula is C29H33BrFNO5. The number of hydrogen-bond donors (Lipinski definition) is 0. The van der Waals surface area contributed by atoms with E-state index in [2.05, 4.69) is 15.9 Å². The molecule has 0 radical (unpaired) electrons. The van der Waals surface area contributed by atoms with Crippen LogP contribution in [-0.4, -0.2) is 38.0 Å². The second kappa shape index (κ2) is 15.9. The van der Waals surface area contributed by atoms with Gasteiger partial charge in [-0.05, 0) is 69.9 Å². The zero-order valence-corrected chi connectivity index (χ0v) is 23.2. The average Bonchev–Trinajstić information content (AvgIpc) is 2.93. The molecule has 1 amide bonds. The van der Waals surface area contributed by atoms with Crippen LogP contribution in [0.1, 0.15) is 58.0 Å². The van der Waals surface area contributed by atoms with E-state index < -0.39 is 0 Å². The fraction of sp³-hybridized carbons (Fsp3) is 0.310. The van der Waals surface area contributed by atoms with Crippen LogP contribution in [0.25, 0.3) is 0 Å². The van der Waals surface area contributed by atoms with Crippen LogP contribution in [0.4, 0.5) is 4.39 Å². The van der Waals surface area contributed by atoms with E-state index in [0.717, 1.165) is 29.7 Å². The first kappa shape index (κ1) is 30.2. The number of ketones is 1. The average molecular weight is 574 g/mol. The highest BCUT2D eigenvalue weighted by Crippen LogP contribution is 2.18. The highest BCUT2D eigenvalue weighted by atomic mass is 79.9. The lowest BCUT2D eigenvalue weighted by Crippen LogP contribution is -2.25. The summed E-state index contributed by atoms with van der Waals surface area (Å²) in [6.45, 7) is 3.03. The van der Waals surface area contributed by atoms with Gasteiger partial charge in [0, 0.05) is 24.6 Å². The number of rotatable bonds is 11. The van der Waals surface area contributed by atoms with Gasteiger partial charge in [0.05, 0.1) is 31.9 Å². The van der Waals surface area contributed by atoms with Crippen molar-refractivity contribution in [2.45, 2.75) is 39.4 Å². The Morgan fingerprint density at radius 2 is 1.46 bits per heavy atom. The Labute approximate surface area is 226 Å². The van der Waals surface area contributed by atoms with Crippen LogP contribution in [-0.2, 0) is 22.8 Å². The minimum Gasteiger partial charge on any atom is -0.497 e. The van der Waals surface area contributed by atoms with Crippen molar-refractivity contribution in [1.29, 1.82) is 0 Å². The number of ether oxygens (including phenoxy) is 2. The van der Waals surface area contributed by atoms with Crippen molar-refractivity contribution >= 4 is 27.6 Å². The number of hydrogen-bond acceptors (Lipinski definition) is 5. The molecule has 0 aliphatic carbocycles. The van der Waals surface area contributed by atoms with Gasteiger partial charge in [0.2, 0.25) is 0 Å². The molecule has 3 rings (SSSR count). The molecular weight excluding hydrogens is 541 g/mol. The van der Waals surface area contributed by atoms with E-state index in [0.29, 0.717) is 35.2 Å². The van der Waals surface area contributed by atoms with Crippen molar-refractivity contribution in [2.75, 3.05) is 21.3 Å². The number of Topliss-reactive ketones (excluding diaryl/α,β-unsaturated/α-hetero) is 1. The minimum atomic E-state index is -0.382. The number of hydroxylamine groups is 2. The SMILES string of the molecule is CCCCC(=O)c1ccc(Br)c(F)c1.COc1ccc(COCc2ccc(C(=O)N(C)OC)cc2)cc1. The number of methoxy groups -OCH3 is 1. The maximum atomic E-state index is 13.1. The fourth-order valence-corrected chi connectivity index (χ4v) is 3.41. The summed E-state index contributed by atoms with van der Waals surface area (Å²) in [7, 11) is 4.68. The van der Waals surface area contributed by atoms with Gasteiger partial charge in [-0.2, -0.15) is 0 Å². The van der Waals surface area contributed by atoms with Gasteiger partial charge < -0.3 is 9.47 Å². The first-order valence-electron chi connectivity index (χ1n) is 11.9. The van der Waals surface area contributed by atoms with Crippen LogP contribution >= 0.6 is 15.9 Å². The summed E-state index contributed by atoms with van der Waals surface area (Å²) in [5.41, 5.74) is 3.13. The lowest BCUT2D eigenvalue weighted by Gasteiger charge is -2.13. The summed E-state index contributed by atoms with van der Waals surface area (Å²) in [6.07, 6.45) is 2.33. The molecule has 0 bridgehead atoms. The summed E-state index contributed by atoms with van der Waals surface area (Å²) in [6, 6.07) is 19.5. The molecule has 0 aliphatic heterocycles. The van der Waals surface area contributed by atoms with Crippen molar-refractivity contribution in [3.05, 3.63) is 99.3 Å². The van der Waals surface area contributed by atoms with E-state index in [1.807, 2.05) is 43.3 Å². The zero-order valence-electron chi connectivity index (χ0n) is 21.6. The number of nitrogens with zero attached hydrogens (tertiary/aromatic N) is 1. The zero-order chi connectivity index (χ0) is 27.2. The molecule has 0 N–H and O–H groups in total. The minimum absolute atomic E-state index is 0.0123. The summed E-state index contributed by atoms with van der Waals surface area (Å²) in [4.78, 5) is 28.3. The number of benzene rings is 3. The molecule has 0 saturated heterocycles. The van der Waals surface area contributed by atoms with Crippen molar-refractivity contribution < 1.29 is 28.3 Å². The molecule has 8 heteroatoms. The molecule has 198 valence electrons. The maximum Gasteiger partial charge on any atom is 0.277 e. The third-order valence-electron chi connectivity index (χ3n) is 5.46. The van der Waals surface area contributed by atoms with Crippen molar-refractivity contribution in [2.24, 2.45) is 0 Å². The van der Waals surface area contributed by atoms with Gasteiger partial charge in [-0.25, -0.2) is 9.45 Å². The number of carbonyl (C=O) groups is 2. The summed E-state index contributed by atoms with van der Waals surface area (Å²) in [5.74, 6) is 0.277. The molecule has 0 saturated carbocycles. The molecule has 37 heavy (non-hydrogen) atoms. The van der Waals surface area contributed by atoms with E-state index >= 15 is 0 Å². The Bertz CT molecular complexity index is 1140. The molecule has 0 fully saturated rings. The normalized spacial score (nSPS) is 10.3. The predicted octanol–water partition coefficient (Wildman–Crippen LogP) is 7.01. The topological polar surface area (TPSA) is 65.1 Å². The summed E-state index contributed by atoms with van der Waals surface area (Å²) < 4.78 is 24.3. The lowest BCUT2D eigenvalue weighted by atomic mass is 10.1. The second-order valence-corrected chi connectivity index (χ2v) is 9.03. The van der Waals surface area contributed by atoms with Crippen molar-refractivity contribution in [3.8, 4) is 5.75 Å². The molecule has 6 nitrogen and oxygen atoms in total. The van der Waals surface area contributed by atoms with E-state index in [-0.39, 0.29) is 17.5 Å². The molecule has 0 aliphatic rings. The van der Waals surface area contributed by atoms with Gasteiger partial charge in [-0.15, -0.1) is 0 Å². The predicted molar refractivity (Wildman–Crippen MR) is 145 cm³/mol. The van der Waals surface area contributed by atoms with E-state index in [4.69, 9.17) is 14.3 Å². The molecule has 0 atom stereocenters. The first-order chi connectivity index (χ1) is 17.8. The molecule has 0 heterocycles. The number of carbonyl (C=O) groups excluding carboxylic acids is 2. The van der Waals surface area contributed by atoms with E-state index in [9.17, 15) is 14.0 Å². The van der Waals surface area contributed by atoms with Crippen LogP contribution in [0.2, 0.25) is 0 Å². The third-order valence-corrected chi connectivity index (χ3v) is 6.10. The Balaban J connectivity index is 0.000000294. The van der Waals surface area contributed by atoms with Gasteiger partial charge in [-0.3, -0.25) is 14.4 Å². The van der Waals surface area contributed by atoms with Gasteiger partial charge in [0.15, 0.2) is 5.78 Å². The highest BCUT2D eigenvalue weighted by Gasteiger charge is 2.11. The van der Waals surface area contributed by atoms with E-state index in [1.165, 1.54) is 18.2 Å². The van der Waals surface area contributed by atoms with Gasteiger partial charge in [-0.1, -0.05) is 43.7 Å². The van der Waals surface area contributed by atoms with Crippen molar-refractivity contribution in [1.82, 2.24) is 5.06 Å². The van der Waals surface area contributed by atoms with Gasteiger partial charge in [0.1, 0.15) is 11.6 Å². The lowest BCUT2D eigenvalue weighted by molar-refractivity contribution is -0.0757. The smallest absolute Gasteiger partial charge is 0.277 e. The standard InChI is InChI=1S/C18H21NO4.C11H12BrFO/c1-19(22-3)18(20)16-8-4-14(5-9-16)12-23-13-15-6-10-17(21-2)11-7-15;1-2-3-4-11(14)8-5-6-9(12)10(13)7-8/h4-11H,12-13H2,1-3H3;5-7H,2-4H2,1H3. The number of halogens is 2. The van der Waals surface area contributed by atoms with Crippen molar-refractivity contribution in [3.63, 3.8) is 0 Å². The molecule has 0 aromatic heterocycles. The third kappa shape index (κ3) is 10.1. The van der Waals surface area contributed by atoms with Crippen LogP contribution < -0.4 is 4.74 Å². The van der Waals surface area contributed by atoms with Gasteiger partial charge in [0.25, 0.3) is 5.91 Å². The maximum absolute atomic E-state index is 13.1. The molecule has 0 unspecified atom stereocenters. The quantitative estimate of drug-likeness (QED) is 0.182. The first-order valence-corrected chi connectivity index (χ1v) is 12.7. The van der Waals surface area contributed by atoms with Gasteiger partial charge >= 0.3 is 0 Å². The van der Waals surface area contributed by atoms with E-state index in [1.54, 1.807) is 38.4 Å². The summed E-state index contributed by atoms with van der Waals surface area (Å²) >= 11 is 3.04. The monoisotopic (exact) mass is 573 g/mol. The Morgan fingerprint density at radius 3 is 1.97 bits per heavy atom. The van der Waals surface area contributed by atoms with Crippen LogP contribution in [0.5, 0.6) is 5.75 Å². The second-order valence-electron chi connectivity index (χ2n) is 8.18. The Morgan fingerprint density at radius 1 is 0.892 bits per heavy atom. The molecule has 0 spiro atoms. The Hall–Kier alpha value is -3.07. The Kier molecular flexibility index (Phi) is 13.0. The van der Waals surface area contributed by atoms with Crippen LogP contribution in [0, 0.1) is 5.82 Å². The van der Waals surface area contributed by atoms with Crippen LogP contribution in [0.3, 0.4) is 0 Å². The molecule has 3 aromatic rings. The number of amides is 1. The molecule has 3 aromatic carbocycles. The summed E-state index contributed by atoms with van der Waals surface area (Å²) in [5, 5.41) is 1.19. The largest absolute Gasteiger partial charge is 0.497 e. The van der Waals surface area contributed by atoms with Crippen LogP contribution in [0.15, 0.2) is 71.2 Å². The highest BCUT2D eigenvalue weighted by molar-refractivity contribution is 9.10. The fourth-order valence-electron chi connectivity index (χ4n) is 3.17.